The van der Waals surface area contributed by atoms with E-state index in [0.717, 1.165) is 0 Å². The highest BCUT2D eigenvalue weighted by molar-refractivity contribution is 7.91. The van der Waals surface area contributed by atoms with Crippen LogP contribution in [0.25, 0.3) is 0 Å². The van der Waals surface area contributed by atoms with Crippen LogP contribution in [-0.4, -0.2) is 33.4 Å². The van der Waals surface area contributed by atoms with Crippen LogP contribution in [-0.2, 0) is 14.3 Å². The Morgan fingerprint density at radius 1 is 1.59 bits per heavy atom. The molecule has 0 amide bonds. The van der Waals surface area contributed by atoms with Gasteiger partial charge in [0.05, 0.1) is 17.4 Å². The second-order valence-corrected chi connectivity index (χ2v) is 7.98. The van der Waals surface area contributed by atoms with Gasteiger partial charge in [-0.2, -0.15) is 8.42 Å². The lowest BCUT2D eigenvalue weighted by atomic mass is 10.5. The number of hydrogen-bond acceptors (Lipinski definition) is 3. The molecule has 1 heterocycles. The van der Waals surface area contributed by atoms with Crippen molar-refractivity contribution in [2.75, 3.05) is 13.3 Å². The third kappa shape index (κ3) is 3.06. The quantitative estimate of drug-likeness (QED) is 0.585. The number of alkyl halides is 2. The summed E-state index contributed by atoms with van der Waals surface area (Å²) in [5, 5.41) is 0. The average Bonchev–Trinajstić information content (AvgIpc) is 2.85. The van der Waals surface area contributed by atoms with Crippen molar-refractivity contribution in [1.29, 1.82) is 0 Å². The minimum Gasteiger partial charge on any atom is -0.266 e. The first kappa shape index (κ1) is 13.0. The Kier molecular flexibility index (Phi) is 3.31. The monoisotopic (exact) mass is 282 g/mol. The van der Waals surface area contributed by atoms with Crippen molar-refractivity contribution in [2.24, 2.45) is 5.92 Å². The summed E-state index contributed by atoms with van der Waals surface area (Å²) < 4.78 is 53.0. The first-order chi connectivity index (χ1) is 7.81. The van der Waals surface area contributed by atoms with E-state index in [1.807, 2.05) is 18.3 Å². The maximum atomic E-state index is 12.6. The van der Waals surface area contributed by atoms with E-state index < -0.39 is 36.1 Å². The molecule has 2 rings (SSSR count). The second-order valence-electron chi connectivity index (χ2n) is 4.21. The van der Waals surface area contributed by atoms with Crippen molar-refractivity contribution in [2.45, 2.75) is 12.3 Å². The summed E-state index contributed by atoms with van der Waals surface area (Å²) in [5.74, 6) is -0.0858. The van der Waals surface area contributed by atoms with Crippen LogP contribution in [0.1, 0.15) is 6.42 Å². The molecule has 2 aliphatic rings. The van der Waals surface area contributed by atoms with Crippen LogP contribution in [0.2, 0.25) is 0 Å². The van der Waals surface area contributed by atoms with Crippen LogP contribution in [0.15, 0.2) is 22.9 Å². The van der Waals surface area contributed by atoms with Crippen molar-refractivity contribution in [3.05, 3.63) is 22.9 Å². The van der Waals surface area contributed by atoms with Gasteiger partial charge in [-0.1, -0.05) is 11.6 Å². The maximum Gasteiger partial charge on any atom is 0.296 e. The fourth-order valence-corrected chi connectivity index (χ4v) is 3.58. The van der Waals surface area contributed by atoms with Gasteiger partial charge < -0.3 is 0 Å². The highest BCUT2D eigenvalue weighted by atomic mass is 32.2. The molecule has 0 aromatic heterocycles. The summed E-state index contributed by atoms with van der Waals surface area (Å²) in [7, 11) is -4.63. The first-order valence-corrected chi connectivity index (χ1v) is 8.71. The van der Waals surface area contributed by atoms with Crippen molar-refractivity contribution in [3.8, 4) is 0 Å². The molecule has 17 heavy (non-hydrogen) atoms. The summed E-state index contributed by atoms with van der Waals surface area (Å²) in [6, 6.07) is 0. The minimum atomic E-state index is -3.89. The van der Waals surface area contributed by atoms with Crippen molar-refractivity contribution in [1.82, 2.24) is 0 Å². The molecule has 0 aromatic rings. The summed E-state index contributed by atoms with van der Waals surface area (Å²) in [5.41, 5.74) is 0. The maximum absolute atomic E-state index is 12.6. The van der Waals surface area contributed by atoms with Crippen LogP contribution in [0.4, 0.5) is 8.78 Å². The normalized spacial score (nSPS) is 30.6. The van der Waals surface area contributed by atoms with Crippen molar-refractivity contribution >= 4 is 23.5 Å². The molecule has 0 spiro atoms. The molecule has 2 unspecified atom stereocenters. The predicted molar refractivity (Wildman–Crippen MR) is 65.5 cm³/mol. The number of hydrogen-bond donors (Lipinski definition) is 0. The molecule has 0 radical (unpaired) electrons. The van der Waals surface area contributed by atoms with Gasteiger partial charge in [0.15, 0.2) is 0 Å². The highest BCUT2D eigenvalue weighted by Crippen LogP contribution is 2.48. The lowest BCUT2D eigenvalue weighted by molar-refractivity contribution is 0.0868. The first-order valence-electron chi connectivity index (χ1n) is 5.15. The molecule has 0 bridgehead atoms. The lowest BCUT2D eigenvalue weighted by Gasteiger charge is -2.08. The van der Waals surface area contributed by atoms with E-state index in [-0.39, 0.29) is 11.3 Å². The van der Waals surface area contributed by atoms with E-state index in [9.17, 15) is 17.2 Å². The van der Waals surface area contributed by atoms with Crippen LogP contribution >= 0.6 is 7.55 Å². The molecule has 1 fully saturated rings. The van der Waals surface area contributed by atoms with Crippen LogP contribution < -0.4 is 0 Å². The zero-order valence-corrected chi connectivity index (χ0v) is 11.0. The highest BCUT2D eigenvalue weighted by Gasteiger charge is 2.57. The van der Waals surface area contributed by atoms with Gasteiger partial charge in [0.2, 0.25) is 0 Å². The summed E-state index contributed by atoms with van der Waals surface area (Å²) in [6.07, 6.45) is 2.68. The summed E-state index contributed by atoms with van der Waals surface area (Å²) in [6.45, 7) is 1.57. The molecule has 1 saturated carbocycles. The Labute approximate surface area is 99.7 Å². The van der Waals surface area contributed by atoms with Crippen LogP contribution in [0, 0.1) is 5.92 Å². The fraction of sp³-hybridized carbons (Fsp3) is 0.500. The Hall–Kier alpha value is -0.450. The van der Waals surface area contributed by atoms with E-state index >= 15 is 0 Å². The Morgan fingerprint density at radius 3 is 2.71 bits per heavy atom. The Bertz CT molecular complexity index is 520. The molecule has 0 saturated heterocycles. The van der Waals surface area contributed by atoms with Crippen LogP contribution in [0.5, 0.6) is 0 Å². The van der Waals surface area contributed by atoms with Gasteiger partial charge in [-0.3, -0.25) is 4.18 Å². The van der Waals surface area contributed by atoms with Gasteiger partial charge in [-0.15, -0.1) is 7.55 Å². The second kappa shape index (κ2) is 4.34. The smallest absolute Gasteiger partial charge is 0.266 e. The lowest BCUT2D eigenvalue weighted by Crippen LogP contribution is -2.12. The molecule has 1 aliphatic carbocycles. The Morgan fingerprint density at radius 2 is 2.24 bits per heavy atom. The SMILES string of the molecule is C[PH]1=CC=C(S(=O)(=O)OCC2CC2(F)F)C=C1. The molecular weight excluding hydrogens is 269 g/mol. The molecule has 0 aromatic carbocycles. The van der Waals surface area contributed by atoms with Gasteiger partial charge in [-0.25, -0.2) is 8.78 Å². The zero-order chi connectivity index (χ0) is 12.7. The van der Waals surface area contributed by atoms with Crippen molar-refractivity contribution < 1.29 is 21.4 Å². The molecule has 3 nitrogen and oxygen atoms in total. The van der Waals surface area contributed by atoms with Gasteiger partial charge in [0.25, 0.3) is 16.0 Å². The number of allylic oxidation sites excluding steroid dienone is 2. The molecule has 2 atom stereocenters. The van der Waals surface area contributed by atoms with Gasteiger partial charge in [0, 0.05) is 6.42 Å². The zero-order valence-electron chi connectivity index (χ0n) is 9.19. The third-order valence-electron chi connectivity index (χ3n) is 2.69. The topological polar surface area (TPSA) is 43.4 Å². The fourth-order valence-electron chi connectivity index (χ4n) is 1.40. The largest absolute Gasteiger partial charge is 0.296 e. The van der Waals surface area contributed by atoms with E-state index in [1.54, 1.807) is 0 Å². The minimum absolute atomic E-state index is 0.0390. The molecular formula is C10H13F2O3PS. The Balaban J connectivity index is 1.99. The van der Waals surface area contributed by atoms with E-state index in [2.05, 4.69) is 4.18 Å². The molecule has 1 aliphatic heterocycles. The predicted octanol–water partition coefficient (Wildman–Crippen LogP) is 2.05. The summed E-state index contributed by atoms with van der Waals surface area (Å²) >= 11 is 0. The molecule has 0 N–H and O–H groups in total. The summed E-state index contributed by atoms with van der Waals surface area (Å²) in [4.78, 5) is 0.0390. The van der Waals surface area contributed by atoms with E-state index in [0.29, 0.717) is 0 Å². The van der Waals surface area contributed by atoms with Gasteiger partial charge >= 0.3 is 0 Å². The standard InChI is InChI=1S/C10H13F2O3PS/c1-16-4-2-9(3-5-16)17(13,14)15-7-8-6-10(8,11)12/h2-5,8,16H,6-7H2,1H3. The van der Waals surface area contributed by atoms with Crippen LogP contribution in [0.3, 0.4) is 0 Å². The molecule has 96 valence electrons. The number of rotatable bonds is 4. The molecule has 7 heteroatoms. The third-order valence-corrected chi connectivity index (χ3v) is 5.37. The van der Waals surface area contributed by atoms with Crippen molar-refractivity contribution in [3.63, 3.8) is 0 Å². The van der Waals surface area contributed by atoms with E-state index in [1.165, 1.54) is 12.2 Å². The average molecular weight is 282 g/mol. The number of halogens is 2. The van der Waals surface area contributed by atoms with Gasteiger partial charge in [0.1, 0.15) is 0 Å². The van der Waals surface area contributed by atoms with Gasteiger partial charge in [-0.05, 0) is 18.8 Å². The van der Waals surface area contributed by atoms with E-state index in [4.69, 9.17) is 0 Å².